The molecule has 0 bridgehead atoms. The number of unbranched alkanes of at least 4 members (excludes halogenated alkanes) is 1. The van der Waals surface area contributed by atoms with E-state index in [-0.39, 0.29) is 35.8 Å². The fourth-order valence-electron chi connectivity index (χ4n) is 3.14. The molecule has 6 nitrogen and oxygen atoms in total. The topological polar surface area (TPSA) is 96.7 Å². The second kappa shape index (κ2) is 12.1. The Balaban J connectivity index is 0.00000338. The van der Waals surface area contributed by atoms with Crippen molar-refractivity contribution in [3.8, 4) is 0 Å². The molecule has 0 radical (unpaired) electrons. The van der Waals surface area contributed by atoms with E-state index < -0.39 is 0 Å². The van der Waals surface area contributed by atoms with Gasteiger partial charge in [-0.05, 0) is 36.9 Å². The van der Waals surface area contributed by atoms with Gasteiger partial charge >= 0.3 is 0 Å². The van der Waals surface area contributed by atoms with E-state index in [0.717, 1.165) is 57.4 Å². The fraction of sp³-hybridized carbons (Fsp3) is 0.579. The Kier molecular flexibility index (Phi) is 10.6. The molecule has 0 aliphatic carbocycles. The van der Waals surface area contributed by atoms with Crippen LogP contribution in [0.4, 0.5) is 0 Å². The number of nitrogens with one attached hydrogen (secondary N) is 1. The zero-order chi connectivity index (χ0) is 18.1. The molecular formula is C19H32IN5O. The van der Waals surface area contributed by atoms with Gasteiger partial charge in [-0.3, -0.25) is 9.69 Å². The van der Waals surface area contributed by atoms with Crippen LogP contribution in [0.3, 0.4) is 0 Å². The number of aliphatic imine (C=N–C) groups is 1. The summed E-state index contributed by atoms with van der Waals surface area (Å²) in [5, 5.41) is 3.13. The monoisotopic (exact) mass is 473 g/mol. The molecule has 1 heterocycles. The number of amides is 1. The molecule has 0 saturated carbocycles. The van der Waals surface area contributed by atoms with Crippen molar-refractivity contribution in [1.29, 1.82) is 0 Å². The van der Waals surface area contributed by atoms with Crippen molar-refractivity contribution in [3.63, 3.8) is 0 Å². The van der Waals surface area contributed by atoms with Crippen LogP contribution in [-0.2, 0) is 17.9 Å². The minimum atomic E-state index is -0.182. The summed E-state index contributed by atoms with van der Waals surface area (Å²) < 4.78 is 0. The Bertz CT molecular complexity index is 593. The third-order valence-corrected chi connectivity index (χ3v) is 4.57. The summed E-state index contributed by atoms with van der Waals surface area (Å²) in [5.74, 6) is 0.300. The minimum Gasteiger partial charge on any atom is -0.370 e. The summed E-state index contributed by atoms with van der Waals surface area (Å²) in [6, 6.07) is 8.39. The van der Waals surface area contributed by atoms with Crippen molar-refractivity contribution in [3.05, 3.63) is 35.4 Å². The number of carbonyl (C=O) groups excluding carboxylic acids is 1. The molecule has 1 amide bonds. The lowest BCUT2D eigenvalue weighted by atomic mass is 9.97. The van der Waals surface area contributed by atoms with Gasteiger partial charge in [0.1, 0.15) is 0 Å². The van der Waals surface area contributed by atoms with Gasteiger partial charge in [0.15, 0.2) is 5.96 Å². The number of carbonyl (C=O) groups is 1. The Labute approximate surface area is 173 Å². The highest BCUT2D eigenvalue weighted by Crippen LogP contribution is 2.18. The highest BCUT2D eigenvalue weighted by Gasteiger charge is 2.23. The average Bonchev–Trinajstić information content (AvgIpc) is 2.61. The van der Waals surface area contributed by atoms with Gasteiger partial charge in [-0.25, -0.2) is 4.99 Å². The molecule has 1 aromatic carbocycles. The SMILES string of the molecule is CCCCNC(N)=NCc1cccc(CN2CCCC(C(N)=O)C2)c1.I. The van der Waals surface area contributed by atoms with Gasteiger partial charge in [0.05, 0.1) is 12.5 Å². The van der Waals surface area contributed by atoms with Crippen molar-refractivity contribution in [2.75, 3.05) is 19.6 Å². The summed E-state index contributed by atoms with van der Waals surface area (Å²) in [7, 11) is 0. The normalized spacial score (nSPS) is 18.2. The van der Waals surface area contributed by atoms with Crippen molar-refractivity contribution >= 4 is 35.8 Å². The Hall–Kier alpha value is -1.35. The van der Waals surface area contributed by atoms with E-state index in [1.807, 2.05) is 0 Å². The maximum absolute atomic E-state index is 11.4. The third-order valence-electron chi connectivity index (χ3n) is 4.57. The van der Waals surface area contributed by atoms with Gasteiger partial charge in [0.2, 0.25) is 5.91 Å². The molecule has 1 aliphatic heterocycles. The van der Waals surface area contributed by atoms with Crippen molar-refractivity contribution in [1.82, 2.24) is 10.2 Å². The van der Waals surface area contributed by atoms with E-state index in [2.05, 4.69) is 46.4 Å². The van der Waals surface area contributed by atoms with Crippen LogP contribution < -0.4 is 16.8 Å². The van der Waals surface area contributed by atoms with Crippen LogP contribution in [0.1, 0.15) is 43.7 Å². The number of hydrogen-bond donors (Lipinski definition) is 3. The molecule has 0 aromatic heterocycles. The molecule has 1 aromatic rings. The number of benzene rings is 1. The van der Waals surface area contributed by atoms with E-state index in [1.54, 1.807) is 0 Å². The van der Waals surface area contributed by atoms with Crippen LogP contribution in [-0.4, -0.2) is 36.4 Å². The highest BCUT2D eigenvalue weighted by atomic mass is 127. The van der Waals surface area contributed by atoms with Gasteiger partial charge in [-0.1, -0.05) is 37.6 Å². The van der Waals surface area contributed by atoms with E-state index in [4.69, 9.17) is 11.5 Å². The Morgan fingerprint density at radius 3 is 2.85 bits per heavy atom. The molecule has 1 unspecified atom stereocenters. The predicted octanol–water partition coefficient (Wildman–Crippen LogP) is 2.21. The lowest BCUT2D eigenvalue weighted by Gasteiger charge is -2.31. The molecule has 1 aliphatic rings. The lowest BCUT2D eigenvalue weighted by Crippen LogP contribution is -2.40. The molecule has 26 heavy (non-hydrogen) atoms. The van der Waals surface area contributed by atoms with Crippen molar-refractivity contribution in [2.24, 2.45) is 22.4 Å². The lowest BCUT2D eigenvalue weighted by molar-refractivity contribution is -0.123. The number of guanidine groups is 1. The van der Waals surface area contributed by atoms with Gasteiger partial charge < -0.3 is 16.8 Å². The predicted molar refractivity (Wildman–Crippen MR) is 117 cm³/mol. The minimum absolute atomic E-state index is 0. The summed E-state index contributed by atoms with van der Waals surface area (Å²) in [4.78, 5) is 18.1. The number of rotatable bonds is 8. The second-order valence-electron chi connectivity index (χ2n) is 6.78. The van der Waals surface area contributed by atoms with Crippen LogP contribution in [0.15, 0.2) is 29.3 Å². The summed E-state index contributed by atoms with van der Waals surface area (Å²) in [6.07, 6.45) is 4.16. The number of primary amides is 1. The van der Waals surface area contributed by atoms with Gasteiger partial charge in [-0.2, -0.15) is 0 Å². The average molecular weight is 473 g/mol. The molecule has 2 rings (SSSR count). The standard InChI is InChI=1S/C19H31N5O.HI/c1-2-3-9-22-19(21)23-12-15-6-4-7-16(11-15)13-24-10-5-8-17(14-24)18(20)25;/h4,6-7,11,17H,2-3,5,8-10,12-14H2,1H3,(H2,20,25)(H3,21,22,23);1H. The van der Waals surface area contributed by atoms with E-state index in [1.165, 1.54) is 5.56 Å². The number of likely N-dealkylation sites (tertiary alicyclic amines) is 1. The summed E-state index contributed by atoms with van der Waals surface area (Å²) in [6.45, 7) is 6.19. The number of nitrogens with zero attached hydrogens (tertiary/aromatic N) is 2. The number of hydrogen-bond acceptors (Lipinski definition) is 3. The zero-order valence-electron chi connectivity index (χ0n) is 15.6. The van der Waals surface area contributed by atoms with Crippen molar-refractivity contribution in [2.45, 2.75) is 45.7 Å². The maximum atomic E-state index is 11.4. The first kappa shape index (κ1) is 22.7. The molecule has 146 valence electrons. The van der Waals surface area contributed by atoms with Crippen LogP contribution in [0.5, 0.6) is 0 Å². The molecule has 0 spiro atoms. The number of nitrogens with two attached hydrogens (primary N) is 2. The molecular weight excluding hydrogens is 441 g/mol. The quantitative estimate of drug-likeness (QED) is 0.234. The van der Waals surface area contributed by atoms with Crippen LogP contribution in [0.2, 0.25) is 0 Å². The van der Waals surface area contributed by atoms with Gasteiger partial charge in [0.25, 0.3) is 0 Å². The molecule has 1 saturated heterocycles. The highest BCUT2D eigenvalue weighted by molar-refractivity contribution is 14.0. The zero-order valence-corrected chi connectivity index (χ0v) is 17.9. The fourth-order valence-corrected chi connectivity index (χ4v) is 3.14. The molecule has 5 N–H and O–H groups in total. The van der Waals surface area contributed by atoms with E-state index in [0.29, 0.717) is 12.5 Å². The molecule has 7 heteroatoms. The first-order chi connectivity index (χ1) is 12.1. The smallest absolute Gasteiger partial charge is 0.221 e. The summed E-state index contributed by atoms with van der Waals surface area (Å²) in [5.41, 5.74) is 13.7. The van der Waals surface area contributed by atoms with E-state index >= 15 is 0 Å². The first-order valence-electron chi connectivity index (χ1n) is 9.21. The summed E-state index contributed by atoms with van der Waals surface area (Å²) >= 11 is 0. The molecule has 1 fully saturated rings. The van der Waals surface area contributed by atoms with Crippen molar-refractivity contribution < 1.29 is 4.79 Å². The first-order valence-corrected chi connectivity index (χ1v) is 9.21. The largest absolute Gasteiger partial charge is 0.370 e. The third kappa shape index (κ3) is 7.90. The number of halogens is 1. The van der Waals surface area contributed by atoms with Crippen LogP contribution in [0, 0.1) is 5.92 Å². The Morgan fingerprint density at radius 1 is 1.35 bits per heavy atom. The van der Waals surface area contributed by atoms with Gasteiger partial charge in [-0.15, -0.1) is 24.0 Å². The second-order valence-corrected chi connectivity index (χ2v) is 6.78. The van der Waals surface area contributed by atoms with Gasteiger partial charge in [0, 0.05) is 19.6 Å². The van der Waals surface area contributed by atoms with Crippen LogP contribution in [0.25, 0.3) is 0 Å². The Morgan fingerprint density at radius 2 is 2.12 bits per heavy atom. The maximum Gasteiger partial charge on any atom is 0.221 e. The van der Waals surface area contributed by atoms with E-state index in [9.17, 15) is 4.79 Å². The molecule has 1 atom stereocenters. The number of piperidine rings is 1. The van der Waals surface area contributed by atoms with Crippen LogP contribution >= 0.6 is 24.0 Å².